The Labute approximate surface area is 351 Å². The molecule has 6 aromatic rings. The highest BCUT2D eigenvalue weighted by Crippen LogP contribution is 2.52. The Hall–Kier alpha value is -6.52. The average Bonchev–Trinajstić information content (AvgIpc) is 4.10. The van der Waals surface area contributed by atoms with Gasteiger partial charge in [0.1, 0.15) is 0 Å². The van der Waals surface area contributed by atoms with Crippen LogP contribution in [0.15, 0.2) is 154 Å². The molecule has 4 heterocycles. The molecule has 0 amide bonds. The zero-order valence-corrected chi connectivity index (χ0v) is 33.9. The first-order valence-corrected chi connectivity index (χ1v) is 22.4. The van der Waals surface area contributed by atoms with Crippen molar-refractivity contribution < 1.29 is 0 Å². The van der Waals surface area contributed by atoms with Gasteiger partial charge in [0.05, 0.1) is 33.9 Å². The molecule has 0 unspecified atom stereocenters. The molecule has 1 fully saturated rings. The van der Waals surface area contributed by atoms with Crippen LogP contribution in [0.4, 0.5) is 0 Å². The first-order chi connectivity index (χ1) is 29.8. The molecule has 2 aromatic heterocycles. The van der Waals surface area contributed by atoms with Gasteiger partial charge in [-0.05, 0) is 122 Å². The summed E-state index contributed by atoms with van der Waals surface area (Å²) < 4.78 is 0. The van der Waals surface area contributed by atoms with Crippen molar-refractivity contribution in [1.82, 2.24) is 9.97 Å². The summed E-state index contributed by atoms with van der Waals surface area (Å²) in [6, 6.07) is 44.7. The Morgan fingerprint density at radius 3 is 1.48 bits per heavy atom. The van der Waals surface area contributed by atoms with Gasteiger partial charge >= 0.3 is 0 Å². The molecule has 0 saturated heterocycles. The SMILES string of the molecule is c1ccc(C2=C3CCCC4=C3N=C2C2=c3[nH]c(c(-c5ccccc5)c3CCC2)=C2CCCC3=C(c5ccccc5)C(=C5CCCc6c5[nH]c4c6-c4ccccc4)N=C32)cc1. The normalized spacial score (nSPS) is 19.1. The van der Waals surface area contributed by atoms with Gasteiger partial charge in [-0.15, -0.1) is 0 Å². The van der Waals surface area contributed by atoms with Crippen molar-refractivity contribution in [3.63, 3.8) is 0 Å². The molecular weight excluding hydrogens is 729 g/mol. The summed E-state index contributed by atoms with van der Waals surface area (Å²) in [5, 5.41) is 2.54. The number of aromatic nitrogens is 2. The van der Waals surface area contributed by atoms with Gasteiger partial charge in [0.25, 0.3) is 0 Å². The molecule has 2 N–H and O–H groups in total. The van der Waals surface area contributed by atoms with Gasteiger partial charge in [-0.3, -0.25) is 0 Å². The highest BCUT2D eigenvalue weighted by molar-refractivity contribution is 6.45. The van der Waals surface area contributed by atoms with E-state index in [1.54, 1.807) is 0 Å². The number of benzene rings is 4. The zero-order chi connectivity index (χ0) is 39.3. The van der Waals surface area contributed by atoms with Crippen LogP contribution in [0, 0.1) is 0 Å². The lowest BCUT2D eigenvalue weighted by atomic mass is 9.81. The van der Waals surface area contributed by atoms with Crippen LogP contribution in [-0.2, 0) is 12.8 Å². The lowest BCUT2D eigenvalue weighted by Gasteiger charge is -2.21. The molecule has 16 bridgehead atoms. The number of aromatic amines is 2. The Balaban J connectivity index is 1.23. The maximum atomic E-state index is 5.93. The second kappa shape index (κ2) is 13.5. The van der Waals surface area contributed by atoms with Crippen molar-refractivity contribution in [1.29, 1.82) is 0 Å². The molecule has 0 radical (unpaired) electrons. The third-order valence-electron chi connectivity index (χ3n) is 14.3. The van der Waals surface area contributed by atoms with Crippen LogP contribution < -0.4 is 10.7 Å². The van der Waals surface area contributed by atoms with E-state index in [1.807, 2.05) is 0 Å². The van der Waals surface area contributed by atoms with Gasteiger partial charge in [0, 0.05) is 55.6 Å². The van der Waals surface area contributed by atoms with E-state index < -0.39 is 0 Å². The number of hydrogen-bond acceptors (Lipinski definition) is 2. The molecule has 4 nitrogen and oxygen atoms in total. The van der Waals surface area contributed by atoms with Gasteiger partial charge in [0.15, 0.2) is 0 Å². The van der Waals surface area contributed by atoms with E-state index in [2.05, 4.69) is 131 Å². The highest BCUT2D eigenvalue weighted by Gasteiger charge is 2.39. The zero-order valence-electron chi connectivity index (χ0n) is 33.9. The third-order valence-corrected chi connectivity index (χ3v) is 14.3. The van der Waals surface area contributed by atoms with E-state index in [-0.39, 0.29) is 0 Å². The van der Waals surface area contributed by atoms with Crippen LogP contribution in [-0.4, -0.2) is 21.4 Å². The summed E-state index contributed by atoms with van der Waals surface area (Å²) in [4.78, 5) is 20.4. The molecule has 2 aliphatic heterocycles. The van der Waals surface area contributed by atoms with E-state index in [1.165, 1.54) is 134 Å². The number of rotatable bonds is 4. The second-order valence-corrected chi connectivity index (χ2v) is 17.6. The number of nitrogens with one attached hydrogen (secondary N) is 2. The van der Waals surface area contributed by atoms with E-state index >= 15 is 0 Å². The van der Waals surface area contributed by atoms with E-state index in [9.17, 15) is 0 Å². The first-order valence-electron chi connectivity index (χ1n) is 22.4. The number of allylic oxidation sites excluding steroid dienone is 6. The van der Waals surface area contributed by atoms with Crippen molar-refractivity contribution in [2.24, 2.45) is 9.98 Å². The summed E-state index contributed by atoms with van der Waals surface area (Å²) in [6.07, 6.45) is 12.5. The third kappa shape index (κ3) is 5.03. The fourth-order valence-electron chi connectivity index (χ4n) is 11.9. The largest absolute Gasteiger partial charge is 0.354 e. The Morgan fingerprint density at radius 2 is 0.817 bits per heavy atom. The van der Waals surface area contributed by atoms with Crippen molar-refractivity contribution in [2.45, 2.75) is 77.0 Å². The summed E-state index contributed by atoms with van der Waals surface area (Å²) in [6.45, 7) is 0. The minimum atomic E-state index is 0.994. The van der Waals surface area contributed by atoms with Gasteiger partial charge < -0.3 is 9.97 Å². The number of fused-ring (bicyclic) bond motifs is 6. The van der Waals surface area contributed by atoms with Crippen LogP contribution in [0.1, 0.15) is 97.8 Å². The topological polar surface area (TPSA) is 56.3 Å². The lowest BCUT2D eigenvalue weighted by Crippen LogP contribution is -2.26. The smallest absolute Gasteiger partial charge is 0.0771 e. The fraction of sp³-hybridized carbons (Fsp3) is 0.214. The number of nitrogens with zero attached hydrogens (tertiary/aromatic N) is 2. The molecule has 290 valence electrons. The second-order valence-electron chi connectivity index (χ2n) is 17.6. The highest BCUT2D eigenvalue weighted by atomic mass is 14.9. The van der Waals surface area contributed by atoms with E-state index in [0.29, 0.717) is 0 Å². The number of H-pyrrole nitrogens is 2. The molecule has 0 spiro atoms. The quantitative estimate of drug-likeness (QED) is 0.179. The molecule has 60 heavy (non-hydrogen) atoms. The average molecular weight is 775 g/mol. The van der Waals surface area contributed by atoms with Gasteiger partial charge in [-0.1, -0.05) is 121 Å². The standard InChI is InChI=1S/C56H46N4/c1-5-17-33(18-6-1)45-37-25-13-30-42-49(37)57-53(45)41-29-14-26-38-46(34-19-7-2-8-20-34)55(58-50(38)41)43-31-16-28-40-48(36-23-11-4-12-24-36)56(60-52(40)43)44-32-15-27-39-47(54(42)59-51(39)44)35-21-9-3-10-22-35/h1-12,17-24,57,60H,13-16,25-32H2. The fourth-order valence-corrected chi connectivity index (χ4v) is 11.9. The number of hydrogen-bond donors (Lipinski definition) is 2. The van der Waals surface area contributed by atoms with Crippen LogP contribution in [0.5, 0.6) is 0 Å². The lowest BCUT2D eigenvalue weighted by molar-refractivity contribution is 0.813. The molecule has 4 aromatic carbocycles. The predicted molar refractivity (Wildman–Crippen MR) is 248 cm³/mol. The summed E-state index contributed by atoms with van der Waals surface area (Å²) in [7, 11) is 0. The summed E-state index contributed by atoms with van der Waals surface area (Å²) in [5.74, 6) is 0. The molecule has 4 heteroatoms. The predicted octanol–water partition coefficient (Wildman–Crippen LogP) is 12.0. The van der Waals surface area contributed by atoms with Gasteiger partial charge in [-0.2, -0.15) is 0 Å². The minimum absolute atomic E-state index is 0.994. The van der Waals surface area contributed by atoms with Gasteiger partial charge in [-0.25, -0.2) is 9.98 Å². The molecular formula is C56H46N4. The monoisotopic (exact) mass is 774 g/mol. The molecule has 1 saturated carbocycles. The van der Waals surface area contributed by atoms with Crippen LogP contribution in [0.25, 0.3) is 55.7 Å². The van der Waals surface area contributed by atoms with E-state index in [4.69, 9.17) is 9.98 Å². The Bertz CT molecular complexity index is 3140. The van der Waals surface area contributed by atoms with Gasteiger partial charge in [0.2, 0.25) is 0 Å². The van der Waals surface area contributed by atoms with E-state index in [0.717, 1.165) is 77.0 Å². The molecule has 5 aliphatic carbocycles. The first kappa shape index (κ1) is 34.4. The van der Waals surface area contributed by atoms with Crippen molar-refractivity contribution >= 4 is 44.9 Å². The maximum absolute atomic E-state index is 5.93. The maximum Gasteiger partial charge on any atom is 0.0771 e. The van der Waals surface area contributed by atoms with Crippen LogP contribution >= 0.6 is 0 Å². The minimum Gasteiger partial charge on any atom is -0.354 e. The summed E-state index contributed by atoms with van der Waals surface area (Å²) in [5.41, 5.74) is 28.9. The molecule has 13 rings (SSSR count). The van der Waals surface area contributed by atoms with Crippen LogP contribution in [0.2, 0.25) is 0 Å². The Morgan fingerprint density at radius 1 is 0.333 bits per heavy atom. The van der Waals surface area contributed by atoms with Crippen molar-refractivity contribution in [3.05, 3.63) is 188 Å². The summed E-state index contributed by atoms with van der Waals surface area (Å²) >= 11 is 0. The molecule has 7 aliphatic rings. The molecule has 0 atom stereocenters. The van der Waals surface area contributed by atoms with Crippen molar-refractivity contribution in [3.8, 4) is 22.3 Å². The van der Waals surface area contributed by atoms with Crippen molar-refractivity contribution in [2.75, 3.05) is 0 Å². The number of aliphatic imine (C=N–C) groups is 2. The van der Waals surface area contributed by atoms with Crippen LogP contribution in [0.3, 0.4) is 0 Å². The Kier molecular flexibility index (Phi) is 7.73.